The number of nitrogens with zero attached hydrogens (tertiary/aromatic N) is 1. The van der Waals surface area contributed by atoms with Crippen molar-refractivity contribution >= 4 is 17.5 Å². The van der Waals surface area contributed by atoms with E-state index >= 15 is 0 Å². The molecule has 88 valence electrons. The van der Waals surface area contributed by atoms with E-state index in [1.165, 1.54) is 6.20 Å². The molecule has 0 saturated heterocycles. The lowest BCUT2D eigenvalue weighted by Gasteiger charge is -2.17. The molecule has 1 N–H and O–H groups in total. The molecule has 4 heteroatoms. The number of rotatable bonds is 3. The van der Waals surface area contributed by atoms with Crippen LogP contribution in [0.5, 0.6) is 0 Å². The van der Waals surface area contributed by atoms with Gasteiger partial charge in [0.1, 0.15) is 5.15 Å². The molecule has 1 aromatic heterocycles. The van der Waals surface area contributed by atoms with E-state index < -0.39 is 0 Å². The molecule has 0 unspecified atom stereocenters. The predicted molar refractivity (Wildman–Crippen MR) is 65.7 cm³/mol. The zero-order chi connectivity index (χ0) is 12.2. The Kier molecular flexibility index (Phi) is 4.30. The van der Waals surface area contributed by atoms with Crippen molar-refractivity contribution in [3.8, 4) is 0 Å². The highest BCUT2D eigenvalue weighted by Crippen LogP contribution is 2.17. The van der Waals surface area contributed by atoms with Gasteiger partial charge < -0.3 is 5.32 Å². The highest BCUT2D eigenvalue weighted by Gasteiger charge is 2.11. The van der Waals surface area contributed by atoms with Gasteiger partial charge in [0.05, 0.1) is 5.56 Å². The van der Waals surface area contributed by atoms with Crippen molar-refractivity contribution < 1.29 is 4.79 Å². The standard InChI is InChI=1S/C12H17ClN2O/c1-12(2,3)6-7-14-11(16)9-4-5-10(13)15-8-9/h4-5,8H,6-7H2,1-3H3,(H,14,16). The maximum absolute atomic E-state index is 11.6. The Bertz CT molecular complexity index is 354. The average Bonchev–Trinajstić information content (AvgIpc) is 2.16. The van der Waals surface area contributed by atoms with Gasteiger partial charge in [-0.15, -0.1) is 0 Å². The van der Waals surface area contributed by atoms with E-state index in [2.05, 4.69) is 31.1 Å². The summed E-state index contributed by atoms with van der Waals surface area (Å²) in [6, 6.07) is 3.28. The van der Waals surface area contributed by atoms with Gasteiger partial charge in [0.2, 0.25) is 0 Å². The fourth-order valence-electron chi connectivity index (χ4n) is 1.16. The molecule has 0 atom stereocenters. The number of hydrogen-bond donors (Lipinski definition) is 1. The number of halogens is 1. The Labute approximate surface area is 101 Å². The van der Waals surface area contributed by atoms with E-state index in [1.54, 1.807) is 12.1 Å². The Hall–Kier alpha value is -1.09. The van der Waals surface area contributed by atoms with Crippen LogP contribution in [0.3, 0.4) is 0 Å². The molecule has 0 spiro atoms. The Morgan fingerprint density at radius 2 is 2.12 bits per heavy atom. The Balaban J connectivity index is 2.44. The first-order chi connectivity index (χ1) is 7.38. The third-order valence-electron chi connectivity index (χ3n) is 2.15. The predicted octanol–water partition coefficient (Wildman–Crippen LogP) is 2.90. The molecule has 1 heterocycles. The first kappa shape index (κ1) is 13.0. The van der Waals surface area contributed by atoms with Gasteiger partial charge in [0, 0.05) is 12.7 Å². The molecule has 0 aliphatic rings. The van der Waals surface area contributed by atoms with Gasteiger partial charge in [-0.3, -0.25) is 4.79 Å². The van der Waals surface area contributed by atoms with Crippen LogP contribution >= 0.6 is 11.6 Å². The van der Waals surface area contributed by atoms with Gasteiger partial charge in [-0.05, 0) is 24.0 Å². The molecule has 0 saturated carbocycles. The highest BCUT2D eigenvalue weighted by molar-refractivity contribution is 6.29. The number of hydrogen-bond acceptors (Lipinski definition) is 2. The normalized spacial score (nSPS) is 11.2. The molecule has 1 amide bonds. The zero-order valence-corrected chi connectivity index (χ0v) is 10.6. The van der Waals surface area contributed by atoms with Crippen LogP contribution in [0.1, 0.15) is 37.6 Å². The lowest BCUT2D eigenvalue weighted by molar-refractivity contribution is 0.0949. The number of nitrogens with one attached hydrogen (secondary N) is 1. The molecule has 16 heavy (non-hydrogen) atoms. The summed E-state index contributed by atoms with van der Waals surface area (Å²) < 4.78 is 0. The van der Waals surface area contributed by atoms with Crippen LogP contribution in [0.4, 0.5) is 0 Å². The third-order valence-corrected chi connectivity index (χ3v) is 2.37. The van der Waals surface area contributed by atoms with E-state index in [-0.39, 0.29) is 11.3 Å². The van der Waals surface area contributed by atoms with Gasteiger partial charge in [0.25, 0.3) is 5.91 Å². The summed E-state index contributed by atoms with van der Waals surface area (Å²) in [6.45, 7) is 7.10. The second-order valence-corrected chi connectivity index (χ2v) is 5.32. The molecule has 0 aromatic carbocycles. The summed E-state index contributed by atoms with van der Waals surface area (Å²) >= 11 is 5.64. The van der Waals surface area contributed by atoms with Crippen LogP contribution in [0, 0.1) is 5.41 Å². The number of carbonyl (C=O) groups excluding carboxylic acids is 1. The lowest BCUT2D eigenvalue weighted by atomic mass is 9.92. The molecule has 0 bridgehead atoms. The summed E-state index contributed by atoms with van der Waals surface area (Å²) in [5.74, 6) is -0.103. The van der Waals surface area contributed by atoms with Crippen molar-refractivity contribution in [3.05, 3.63) is 29.0 Å². The fourth-order valence-corrected chi connectivity index (χ4v) is 1.28. The van der Waals surface area contributed by atoms with Crippen molar-refractivity contribution in [2.45, 2.75) is 27.2 Å². The van der Waals surface area contributed by atoms with Crippen LogP contribution in [0.2, 0.25) is 5.15 Å². The summed E-state index contributed by atoms with van der Waals surface area (Å²) in [4.78, 5) is 15.5. The maximum Gasteiger partial charge on any atom is 0.252 e. The van der Waals surface area contributed by atoms with Crippen LogP contribution in [-0.4, -0.2) is 17.4 Å². The van der Waals surface area contributed by atoms with E-state index in [0.29, 0.717) is 17.3 Å². The van der Waals surface area contributed by atoms with Gasteiger partial charge in [0.15, 0.2) is 0 Å². The zero-order valence-electron chi connectivity index (χ0n) is 9.88. The fraction of sp³-hybridized carbons (Fsp3) is 0.500. The van der Waals surface area contributed by atoms with Crippen molar-refractivity contribution in [2.75, 3.05) is 6.54 Å². The summed E-state index contributed by atoms with van der Waals surface area (Å²) in [7, 11) is 0. The van der Waals surface area contributed by atoms with E-state index in [9.17, 15) is 4.79 Å². The Morgan fingerprint density at radius 3 is 2.62 bits per heavy atom. The molecule has 0 radical (unpaired) electrons. The SMILES string of the molecule is CC(C)(C)CCNC(=O)c1ccc(Cl)nc1. The first-order valence-electron chi connectivity index (χ1n) is 5.28. The minimum absolute atomic E-state index is 0.103. The van der Waals surface area contributed by atoms with Crippen molar-refractivity contribution in [1.82, 2.24) is 10.3 Å². The molecule has 0 fully saturated rings. The first-order valence-corrected chi connectivity index (χ1v) is 5.66. The topological polar surface area (TPSA) is 42.0 Å². The molecular formula is C12H17ClN2O. The molecular weight excluding hydrogens is 224 g/mol. The van der Waals surface area contributed by atoms with Crippen LogP contribution in [0.15, 0.2) is 18.3 Å². The molecule has 1 rings (SSSR count). The van der Waals surface area contributed by atoms with E-state index in [0.717, 1.165) is 6.42 Å². The maximum atomic E-state index is 11.6. The number of carbonyl (C=O) groups is 1. The van der Waals surface area contributed by atoms with Gasteiger partial charge in [-0.1, -0.05) is 32.4 Å². The average molecular weight is 241 g/mol. The lowest BCUT2D eigenvalue weighted by Crippen LogP contribution is -2.27. The number of pyridine rings is 1. The van der Waals surface area contributed by atoms with Gasteiger partial charge in [-0.25, -0.2) is 4.98 Å². The second kappa shape index (κ2) is 5.30. The van der Waals surface area contributed by atoms with Crippen molar-refractivity contribution in [2.24, 2.45) is 5.41 Å². The third kappa shape index (κ3) is 4.62. The summed E-state index contributed by atoms with van der Waals surface area (Å²) in [5, 5.41) is 3.25. The van der Waals surface area contributed by atoms with Crippen LogP contribution < -0.4 is 5.32 Å². The summed E-state index contributed by atoms with van der Waals surface area (Å²) in [6.07, 6.45) is 2.43. The second-order valence-electron chi connectivity index (χ2n) is 4.94. The Morgan fingerprint density at radius 1 is 1.44 bits per heavy atom. The molecule has 3 nitrogen and oxygen atoms in total. The van der Waals surface area contributed by atoms with Crippen LogP contribution in [0.25, 0.3) is 0 Å². The van der Waals surface area contributed by atoms with E-state index in [4.69, 9.17) is 11.6 Å². The van der Waals surface area contributed by atoms with Crippen molar-refractivity contribution in [3.63, 3.8) is 0 Å². The van der Waals surface area contributed by atoms with Crippen LogP contribution in [-0.2, 0) is 0 Å². The number of amides is 1. The largest absolute Gasteiger partial charge is 0.352 e. The highest BCUT2D eigenvalue weighted by atomic mass is 35.5. The van der Waals surface area contributed by atoms with Crippen molar-refractivity contribution in [1.29, 1.82) is 0 Å². The monoisotopic (exact) mass is 240 g/mol. The number of aromatic nitrogens is 1. The van der Waals surface area contributed by atoms with Gasteiger partial charge >= 0.3 is 0 Å². The summed E-state index contributed by atoms with van der Waals surface area (Å²) in [5.41, 5.74) is 0.768. The molecule has 1 aromatic rings. The van der Waals surface area contributed by atoms with Gasteiger partial charge in [-0.2, -0.15) is 0 Å². The quantitative estimate of drug-likeness (QED) is 0.826. The smallest absolute Gasteiger partial charge is 0.252 e. The minimum atomic E-state index is -0.103. The van der Waals surface area contributed by atoms with E-state index in [1.807, 2.05) is 0 Å². The molecule has 0 aliphatic carbocycles. The molecule has 0 aliphatic heterocycles. The minimum Gasteiger partial charge on any atom is -0.352 e.